The fraction of sp³-hybridized carbons (Fsp3) is 0.429. The summed E-state index contributed by atoms with van der Waals surface area (Å²) in [5.74, 6) is 0.771. The number of carbonyl (C=O) groups is 1. The number of amides is 1. The van der Waals surface area contributed by atoms with Crippen LogP contribution in [0.4, 0.5) is 0 Å². The first-order valence-electron chi connectivity index (χ1n) is 6.94. The topological polar surface area (TPSA) is 75.9 Å². The van der Waals surface area contributed by atoms with Gasteiger partial charge < -0.3 is 14.8 Å². The number of piperazine rings is 1. The lowest BCUT2D eigenvalue weighted by molar-refractivity contribution is 0.0614. The molecule has 1 aliphatic rings. The number of hydrogen-bond donors (Lipinski definition) is 1. The predicted molar refractivity (Wildman–Crippen MR) is 91.1 cm³/mol. The molecular formula is C14H20Cl2N6O. The van der Waals surface area contributed by atoms with Crippen LogP contribution in [-0.2, 0) is 7.05 Å². The summed E-state index contributed by atoms with van der Waals surface area (Å²) in [6, 6.07) is -0.0886. The lowest BCUT2D eigenvalue weighted by Crippen LogP contribution is -2.49. The number of halogens is 2. The lowest BCUT2D eigenvalue weighted by Gasteiger charge is -2.35. The highest BCUT2D eigenvalue weighted by Gasteiger charge is 2.31. The molecule has 2 aromatic rings. The second-order valence-electron chi connectivity index (χ2n) is 5.16. The van der Waals surface area contributed by atoms with Crippen molar-refractivity contribution in [2.24, 2.45) is 7.05 Å². The van der Waals surface area contributed by atoms with E-state index in [0.717, 1.165) is 18.1 Å². The molecule has 1 aliphatic heterocycles. The van der Waals surface area contributed by atoms with E-state index in [1.165, 1.54) is 6.20 Å². The predicted octanol–water partition coefficient (Wildman–Crippen LogP) is 1.15. The van der Waals surface area contributed by atoms with Gasteiger partial charge in [0.25, 0.3) is 5.91 Å². The highest BCUT2D eigenvalue weighted by atomic mass is 35.5. The third-order valence-electron chi connectivity index (χ3n) is 3.66. The monoisotopic (exact) mass is 358 g/mol. The highest BCUT2D eigenvalue weighted by Crippen LogP contribution is 2.22. The van der Waals surface area contributed by atoms with Crippen molar-refractivity contribution in [3.05, 3.63) is 42.0 Å². The molecule has 1 atom stereocenters. The first kappa shape index (κ1) is 19.3. The van der Waals surface area contributed by atoms with Gasteiger partial charge in [0, 0.05) is 45.3 Å². The van der Waals surface area contributed by atoms with Crippen LogP contribution in [0.1, 0.15) is 28.0 Å². The van der Waals surface area contributed by atoms with Crippen LogP contribution in [0.5, 0.6) is 0 Å². The second kappa shape index (κ2) is 8.24. The van der Waals surface area contributed by atoms with Crippen LogP contribution in [0.2, 0.25) is 0 Å². The molecule has 2 aromatic heterocycles. The Kier molecular flexibility index (Phi) is 6.93. The van der Waals surface area contributed by atoms with Crippen LogP contribution < -0.4 is 5.32 Å². The van der Waals surface area contributed by atoms with E-state index in [4.69, 9.17) is 0 Å². The Labute approximate surface area is 147 Å². The van der Waals surface area contributed by atoms with Gasteiger partial charge in [-0.1, -0.05) is 0 Å². The first-order chi connectivity index (χ1) is 10.2. The van der Waals surface area contributed by atoms with Crippen LogP contribution in [0.25, 0.3) is 0 Å². The minimum Gasteiger partial charge on any atom is -0.336 e. The van der Waals surface area contributed by atoms with Crippen molar-refractivity contribution in [2.75, 3.05) is 19.6 Å². The highest BCUT2D eigenvalue weighted by molar-refractivity contribution is 5.92. The van der Waals surface area contributed by atoms with Crippen molar-refractivity contribution < 1.29 is 4.79 Å². The third kappa shape index (κ3) is 3.99. The zero-order valence-corrected chi connectivity index (χ0v) is 14.6. The quantitative estimate of drug-likeness (QED) is 0.871. The minimum atomic E-state index is -0.1000. The maximum atomic E-state index is 12.7. The number of aryl methyl sites for hydroxylation is 2. The maximum absolute atomic E-state index is 12.7. The van der Waals surface area contributed by atoms with Crippen molar-refractivity contribution in [1.29, 1.82) is 0 Å². The minimum absolute atomic E-state index is 0. The van der Waals surface area contributed by atoms with E-state index >= 15 is 0 Å². The maximum Gasteiger partial charge on any atom is 0.274 e. The van der Waals surface area contributed by atoms with Crippen molar-refractivity contribution in [3.8, 4) is 0 Å². The third-order valence-corrected chi connectivity index (χ3v) is 3.66. The SMILES string of the molecule is Cc1cnc(C(=O)N2CCNCC2c2nccn2C)cn1.Cl.Cl. The second-order valence-corrected chi connectivity index (χ2v) is 5.16. The average Bonchev–Trinajstić information content (AvgIpc) is 2.93. The molecule has 0 saturated carbocycles. The van der Waals surface area contributed by atoms with E-state index in [1.807, 2.05) is 29.6 Å². The number of nitrogens with zero attached hydrogens (tertiary/aromatic N) is 5. The van der Waals surface area contributed by atoms with Crippen LogP contribution in [0, 0.1) is 6.92 Å². The van der Waals surface area contributed by atoms with Gasteiger partial charge in [-0.15, -0.1) is 24.8 Å². The van der Waals surface area contributed by atoms with Crippen molar-refractivity contribution in [3.63, 3.8) is 0 Å². The van der Waals surface area contributed by atoms with Gasteiger partial charge in [0.1, 0.15) is 17.6 Å². The molecule has 7 nitrogen and oxygen atoms in total. The molecule has 0 aliphatic carbocycles. The Hall–Kier alpha value is -1.70. The number of rotatable bonds is 2. The Balaban J connectivity index is 0.00000132. The molecule has 1 N–H and O–H groups in total. The summed E-state index contributed by atoms with van der Waals surface area (Å²) in [4.78, 5) is 27.2. The Morgan fingerprint density at radius 3 is 2.65 bits per heavy atom. The summed E-state index contributed by atoms with van der Waals surface area (Å²) in [5, 5.41) is 3.31. The average molecular weight is 359 g/mol. The van der Waals surface area contributed by atoms with E-state index in [-0.39, 0.29) is 36.8 Å². The Morgan fingerprint density at radius 1 is 1.26 bits per heavy atom. The largest absolute Gasteiger partial charge is 0.336 e. The molecule has 1 fully saturated rings. The normalized spacial score (nSPS) is 17.1. The fourth-order valence-corrected chi connectivity index (χ4v) is 2.53. The van der Waals surface area contributed by atoms with E-state index in [2.05, 4.69) is 20.3 Å². The van der Waals surface area contributed by atoms with E-state index in [1.54, 1.807) is 12.4 Å². The van der Waals surface area contributed by atoms with Gasteiger partial charge in [0.2, 0.25) is 0 Å². The lowest BCUT2D eigenvalue weighted by atomic mass is 10.1. The molecule has 126 valence electrons. The van der Waals surface area contributed by atoms with Gasteiger partial charge in [0.05, 0.1) is 11.9 Å². The molecule has 9 heteroatoms. The molecular weight excluding hydrogens is 339 g/mol. The summed E-state index contributed by atoms with van der Waals surface area (Å²) < 4.78 is 1.94. The summed E-state index contributed by atoms with van der Waals surface area (Å²) in [5.41, 5.74) is 1.18. The Bertz CT molecular complexity index is 645. The standard InChI is InChI=1S/C14H18N6O.2ClH/c1-10-7-18-11(8-17-10)14(21)20-6-3-15-9-12(20)13-16-4-5-19(13)2;;/h4-5,7-8,12,15H,3,6,9H2,1-2H3;2*1H. The van der Waals surface area contributed by atoms with E-state index < -0.39 is 0 Å². The van der Waals surface area contributed by atoms with Crippen LogP contribution >= 0.6 is 24.8 Å². The van der Waals surface area contributed by atoms with E-state index in [9.17, 15) is 4.79 Å². The number of hydrogen-bond acceptors (Lipinski definition) is 5. The molecule has 23 heavy (non-hydrogen) atoms. The van der Waals surface area contributed by atoms with Crippen molar-refractivity contribution in [2.45, 2.75) is 13.0 Å². The van der Waals surface area contributed by atoms with Crippen molar-refractivity contribution >= 4 is 30.7 Å². The smallest absolute Gasteiger partial charge is 0.274 e. The Morgan fingerprint density at radius 2 is 2.04 bits per heavy atom. The van der Waals surface area contributed by atoms with E-state index in [0.29, 0.717) is 18.8 Å². The zero-order valence-electron chi connectivity index (χ0n) is 13.0. The number of aromatic nitrogens is 4. The van der Waals surface area contributed by atoms with Gasteiger partial charge in [-0.2, -0.15) is 0 Å². The number of carbonyl (C=O) groups excluding carboxylic acids is 1. The van der Waals surface area contributed by atoms with Crippen LogP contribution in [0.3, 0.4) is 0 Å². The number of nitrogens with one attached hydrogen (secondary N) is 1. The van der Waals surface area contributed by atoms with Crippen molar-refractivity contribution in [1.82, 2.24) is 29.7 Å². The van der Waals surface area contributed by atoms with Gasteiger partial charge in [-0.25, -0.2) is 9.97 Å². The molecule has 0 bridgehead atoms. The fourth-order valence-electron chi connectivity index (χ4n) is 2.53. The summed E-state index contributed by atoms with van der Waals surface area (Å²) in [7, 11) is 1.94. The summed E-state index contributed by atoms with van der Waals surface area (Å²) in [6.07, 6.45) is 6.79. The molecule has 1 amide bonds. The first-order valence-corrected chi connectivity index (χ1v) is 6.94. The number of imidazole rings is 1. The molecule has 1 saturated heterocycles. The molecule has 0 aromatic carbocycles. The molecule has 3 rings (SSSR count). The summed E-state index contributed by atoms with van der Waals surface area (Å²) in [6.45, 7) is 3.94. The van der Waals surface area contributed by atoms with Gasteiger partial charge in [-0.05, 0) is 6.92 Å². The molecule has 3 heterocycles. The zero-order chi connectivity index (χ0) is 14.8. The van der Waals surface area contributed by atoms with Gasteiger partial charge in [-0.3, -0.25) is 9.78 Å². The van der Waals surface area contributed by atoms with Crippen LogP contribution in [0.15, 0.2) is 24.8 Å². The molecule has 0 spiro atoms. The van der Waals surface area contributed by atoms with Crippen LogP contribution in [-0.4, -0.2) is 50.0 Å². The molecule has 1 unspecified atom stereocenters. The summed E-state index contributed by atoms with van der Waals surface area (Å²) >= 11 is 0. The van der Waals surface area contributed by atoms with Gasteiger partial charge >= 0.3 is 0 Å². The molecule has 0 radical (unpaired) electrons. The van der Waals surface area contributed by atoms with Gasteiger partial charge in [0.15, 0.2) is 0 Å².